The van der Waals surface area contributed by atoms with E-state index >= 15 is 0 Å². The first kappa shape index (κ1) is 9.87. The van der Waals surface area contributed by atoms with Crippen LogP contribution < -0.4 is 0 Å². The third-order valence-corrected chi connectivity index (χ3v) is 2.63. The maximum Gasteiger partial charge on any atom is 0.154 e. The minimum absolute atomic E-state index is 0.508. The summed E-state index contributed by atoms with van der Waals surface area (Å²) in [7, 11) is 1.80. The molecule has 0 aliphatic rings. The zero-order chi connectivity index (χ0) is 10.8. The van der Waals surface area contributed by atoms with Crippen molar-refractivity contribution >= 4 is 15.9 Å². The fraction of sp³-hybridized carbons (Fsp3) is 0.100. The van der Waals surface area contributed by atoms with E-state index in [-0.39, 0.29) is 0 Å². The summed E-state index contributed by atoms with van der Waals surface area (Å²) in [6.07, 6.45) is 3.42. The first-order valence-electron chi connectivity index (χ1n) is 4.26. The number of aromatic nitrogens is 3. The molecule has 0 fully saturated rings. The van der Waals surface area contributed by atoms with Gasteiger partial charge < -0.3 is 4.57 Å². The van der Waals surface area contributed by atoms with E-state index in [1.54, 1.807) is 24.0 Å². The number of rotatable bonds is 1. The van der Waals surface area contributed by atoms with Gasteiger partial charge in [0.05, 0.1) is 0 Å². The minimum atomic E-state index is 0.508. The van der Waals surface area contributed by atoms with Crippen molar-refractivity contribution in [3.63, 3.8) is 0 Å². The Labute approximate surface area is 95.3 Å². The molecule has 0 radical (unpaired) electrons. The van der Waals surface area contributed by atoms with Crippen LogP contribution in [-0.2, 0) is 7.05 Å². The molecule has 2 rings (SSSR count). The number of pyridine rings is 1. The van der Waals surface area contributed by atoms with Gasteiger partial charge in [-0.05, 0) is 28.1 Å². The topological polar surface area (TPSA) is 54.5 Å². The monoisotopic (exact) mass is 262 g/mol. The van der Waals surface area contributed by atoms with Crippen molar-refractivity contribution in [1.29, 1.82) is 5.26 Å². The van der Waals surface area contributed by atoms with Gasteiger partial charge in [0.25, 0.3) is 0 Å². The second-order valence-electron chi connectivity index (χ2n) is 2.99. The zero-order valence-electron chi connectivity index (χ0n) is 7.98. The van der Waals surface area contributed by atoms with Crippen LogP contribution in [0.3, 0.4) is 0 Å². The molecule has 0 saturated heterocycles. The molecule has 2 aromatic heterocycles. The second kappa shape index (κ2) is 3.83. The lowest BCUT2D eigenvalue weighted by Crippen LogP contribution is -1.95. The van der Waals surface area contributed by atoms with Crippen LogP contribution in [0.1, 0.15) is 5.69 Å². The molecule has 0 spiro atoms. The minimum Gasteiger partial charge on any atom is -0.318 e. The molecule has 0 aliphatic carbocycles. The van der Waals surface area contributed by atoms with E-state index in [4.69, 9.17) is 5.26 Å². The van der Waals surface area contributed by atoms with E-state index in [0.29, 0.717) is 10.3 Å². The van der Waals surface area contributed by atoms with Crippen LogP contribution >= 0.6 is 15.9 Å². The fourth-order valence-corrected chi connectivity index (χ4v) is 1.86. The Morgan fingerprint density at radius 3 is 2.87 bits per heavy atom. The molecule has 0 saturated carbocycles. The maximum absolute atomic E-state index is 8.90. The molecule has 0 amide bonds. The summed E-state index contributed by atoms with van der Waals surface area (Å²) in [5.74, 6) is 0.728. The zero-order valence-corrected chi connectivity index (χ0v) is 9.56. The van der Waals surface area contributed by atoms with E-state index in [1.807, 2.05) is 12.1 Å². The largest absolute Gasteiger partial charge is 0.318 e. The molecule has 4 nitrogen and oxygen atoms in total. The van der Waals surface area contributed by atoms with Gasteiger partial charge in [-0.15, -0.1) is 0 Å². The van der Waals surface area contributed by atoms with Crippen LogP contribution in [0.2, 0.25) is 0 Å². The van der Waals surface area contributed by atoms with Crippen molar-refractivity contribution in [1.82, 2.24) is 14.5 Å². The van der Waals surface area contributed by atoms with Crippen molar-refractivity contribution in [3.8, 4) is 17.5 Å². The maximum atomic E-state index is 8.90. The predicted molar refractivity (Wildman–Crippen MR) is 58.9 cm³/mol. The molecule has 0 aromatic carbocycles. The summed E-state index contributed by atoms with van der Waals surface area (Å²) in [6.45, 7) is 0. The standard InChI is InChI=1S/C10H7BrN4/c1-15-8(5-12)9(11)14-10(15)7-3-2-4-13-6-7/h2-4,6H,1H3. The average Bonchev–Trinajstić information content (AvgIpc) is 2.55. The van der Waals surface area contributed by atoms with E-state index in [2.05, 4.69) is 32.0 Å². The van der Waals surface area contributed by atoms with Crippen LogP contribution in [0.4, 0.5) is 0 Å². The third kappa shape index (κ3) is 1.64. The van der Waals surface area contributed by atoms with E-state index in [9.17, 15) is 0 Å². The van der Waals surface area contributed by atoms with Gasteiger partial charge in [-0.25, -0.2) is 4.98 Å². The highest BCUT2D eigenvalue weighted by Gasteiger charge is 2.13. The van der Waals surface area contributed by atoms with Crippen LogP contribution in [0.25, 0.3) is 11.4 Å². The van der Waals surface area contributed by atoms with Gasteiger partial charge in [-0.1, -0.05) is 0 Å². The molecule has 0 aliphatic heterocycles. The summed E-state index contributed by atoms with van der Waals surface area (Å²) in [5, 5.41) is 8.90. The highest BCUT2D eigenvalue weighted by molar-refractivity contribution is 9.10. The summed E-state index contributed by atoms with van der Waals surface area (Å²) >= 11 is 3.25. The van der Waals surface area contributed by atoms with Gasteiger partial charge in [-0.3, -0.25) is 4.98 Å². The smallest absolute Gasteiger partial charge is 0.154 e. The normalized spacial score (nSPS) is 9.93. The van der Waals surface area contributed by atoms with Gasteiger partial charge in [0.15, 0.2) is 5.69 Å². The number of halogens is 1. The SMILES string of the molecule is Cn1c(-c2cccnc2)nc(Br)c1C#N. The Morgan fingerprint density at radius 1 is 1.53 bits per heavy atom. The highest BCUT2D eigenvalue weighted by atomic mass is 79.9. The molecule has 0 bridgehead atoms. The van der Waals surface area contributed by atoms with Gasteiger partial charge >= 0.3 is 0 Å². The number of nitriles is 1. The van der Waals surface area contributed by atoms with Gasteiger partial charge in [0, 0.05) is 25.0 Å². The van der Waals surface area contributed by atoms with Crippen molar-refractivity contribution in [2.45, 2.75) is 0 Å². The first-order valence-corrected chi connectivity index (χ1v) is 5.06. The molecular weight excluding hydrogens is 256 g/mol. The van der Waals surface area contributed by atoms with Crippen molar-refractivity contribution in [2.75, 3.05) is 0 Å². The van der Waals surface area contributed by atoms with Crippen molar-refractivity contribution in [3.05, 3.63) is 34.8 Å². The molecule has 0 unspecified atom stereocenters. The fourth-order valence-electron chi connectivity index (χ4n) is 1.34. The molecule has 74 valence electrons. The lowest BCUT2D eigenvalue weighted by Gasteiger charge is -2.00. The molecule has 0 N–H and O–H groups in total. The number of hydrogen-bond acceptors (Lipinski definition) is 3. The Balaban J connectivity index is 2.62. The van der Waals surface area contributed by atoms with E-state index in [1.165, 1.54) is 0 Å². The highest BCUT2D eigenvalue weighted by Crippen LogP contribution is 2.23. The summed E-state index contributed by atoms with van der Waals surface area (Å²) < 4.78 is 2.30. The Bertz CT molecular complexity index is 524. The van der Waals surface area contributed by atoms with Crippen LogP contribution in [-0.4, -0.2) is 14.5 Å². The Hall–Kier alpha value is -1.67. The van der Waals surface area contributed by atoms with Gasteiger partial charge in [0.1, 0.15) is 16.5 Å². The van der Waals surface area contributed by atoms with Crippen molar-refractivity contribution in [2.24, 2.45) is 7.05 Å². The molecular formula is C10H7BrN4. The molecule has 0 atom stereocenters. The van der Waals surface area contributed by atoms with Crippen LogP contribution in [0, 0.1) is 11.3 Å². The number of imidazole rings is 1. The lowest BCUT2D eigenvalue weighted by atomic mass is 10.3. The second-order valence-corrected chi connectivity index (χ2v) is 3.74. The molecule has 2 heterocycles. The average molecular weight is 263 g/mol. The first-order chi connectivity index (χ1) is 7.24. The van der Waals surface area contributed by atoms with E-state index < -0.39 is 0 Å². The molecule has 15 heavy (non-hydrogen) atoms. The quantitative estimate of drug-likeness (QED) is 0.791. The van der Waals surface area contributed by atoms with Gasteiger partial charge in [-0.2, -0.15) is 5.26 Å². The third-order valence-electron chi connectivity index (χ3n) is 2.08. The Morgan fingerprint density at radius 2 is 2.33 bits per heavy atom. The summed E-state index contributed by atoms with van der Waals surface area (Å²) in [4.78, 5) is 8.28. The van der Waals surface area contributed by atoms with Crippen molar-refractivity contribution < 1.29 is 0 Å². The summed E-state index contributed by atoms with van der Waals surface area (Å²) in [5.41, 5.74) is 1.40. The molecule has 5 heteroatoms. The van der Waals surface area contributed by atoms with Crippen LogP contribution in [0.5, 0.6) is 0 Å². The van der Waals surface area contributed by atoms with E-state index in [0.717, 1.165) is 11.4 Å². The summed E-state index contributed by atoms with van der Waals surface area (Å²) in [6, 6.07) is 5.83. The predicted octanol–water partition coefficient (Wildman–Crippen LogP) is 2.12. The molecule has 2 aromatic rings. The van der Waals surface area contributed by atoms with Gasteiger partial charge in [0.2, 0.25) is 0 Å². The lowest BCUT2D eigenvalue weighted by molar-refractivity contribution is 0.905. The van der Waals surface area contributed by atoms with Crippen LogP contribution in [0.15, 0.2) is 29.1 Å². The number of nitrogens with zero attached hydrogens (tertiary/aromatic N) is 4. The Kier molecular flexibility index (Phi) is 2.52. The number of hydrogen-bond donors (Lipinski definition) is 0.